The normalized spacial score (nSPS) is 15.2. The maximum Gasteiger partial charge on any atom is 0.321 e. The molecular formula is C27H30N2O3. The minimum atomic E-state index is -0.553. The van der Waals surface area contributed by atoms with Gasteiger partial charge in [-0.05, 0) is 66.6 Å². The molecule has 1 saturated heterocycles. The first-order chi connectivity index (χ1) is 15.7. The molecule has 32 heavy (non-hydrogen) atoms. The number of aliphatic hydroxyl groups excluding tert-OH is 1. The van der Waals surface area contributed by atoms with Crippen molar-refractivity contribution >= 4 is 11.7 Å². The highest BCUT2D eigenvalue weighted by atomic mass is 16.5. The Kier molecular flexibility index (Phi) is 7.07. The molecule has 1 aliphatic heterocycles. The van der Waals surface area contributed by atoms with Crippen molar-refractivity contribution in [1.29, 1.82) is 0 Å². The molecule has 2 N–H and O–H groups in total. The average molecular weight is 431 g/mol. The minimum absolute atomic E-state index is 0.105. The van der Waals surface area contributed by atoms with Crippen LogP contribution in [0.15, 0.2) is 78.9 Å². The Morgan fingerprint density at radius 2 is 1.66 bits per heavy atom. The van der Waals surface area contributed by atoms with Gasteiger partial charge in [-0.1, -0.05) is 54.6 Å². The molecule has 0 saturated carbocycles. The molecule has 3 aromatic carbocycles. The van der Waals surface area contributed by atoms with E-state index in [0.717, 1.165) is 41.0 Å². The van der Waals surface area contributed by atoms with Crippen LogP contribution in [0.4, 0.5) is 10.5 Å². The van der Waals surface area contributed by atoms with Crippen LogP contribution in [0.25, 0.3) is 11.1 Å². The fourth-order valence-corrected chi connectivity index (χ4v) is 4.31. The quantitative estimate of drug-likeness (QED) is 0.525. The van der Waals surface area contributed by atoms with Crippen molar-refractivity contribution in [3.63, 3.8) is 0 Å². The standard InChI is InChI=1S/C27H30N2O3/c1-2-32-23-14-12-22(13-15-23)28-27(31)29-18-16-21(17-19-29)26(30)25-11-7-6-10-24(25)20-8-4-3-5-9-20/h3-15,21,26,30H,2,16-19H2,1H3,(H,28,31). The summed E-state index contributed by atoms with van der Waals surface area (Å²) in [5.74, 6) is 0.908. The van der Waals surface area contributed by atoms with Gasteiger partial charge in [-0.25, -0.2) is 4.79 Å². The molecule has 0 spiro atoms. The fraction of sp³-hybridized carbons (Fsp3) is 0.296. The highest BCUT2D eigenvalue weighted by Gasteiger charge is 2.29. The molecule has 5 nitrogen and oxygen atoms in total. The van der Waals surface area contributed by atoms with E-state index in [9.17, 15) is 9.90 Å². The highest BCUT2D eigenvalue weighted by Crippen LogP contribution is 2.36. The first-order valence-corrected chi connectivity index (χ1v) is 11.3. The van der Waals surface area contributed by atoms with Crippen molar-refractivity contribution < 1.29 is 14.6 Å². The highest BCUT2D eigenvalue weighted by molar-refractivity contribution is 5.89. The maximum atomic E-state index is 12.7. The number of ether oxygens (including phenoxy) is 1. The van der Waals surface area contributed by atoms with Gasteiger partial charge < -0.3 is 20.1 Å². The van der Waals surface area contributed by atoms with Crippen molar-refractivity contribution in [2.75, 3.05) is 25.0 Å². The molecule has 1 unspecified atom stereocenters. The summed E-state index contributed by atoms with van der Waals surface area (Å²) in [6.45, 7) is 3.80. The van der Waals surface area contributed by atoms with E-state index in [-0.39, 0.29) is 11.9 Å². The zero-order valence-electron chi connectivity index (χ0n) is 18.4. The van der Waals surface area contributed by atoms with Crippen LogP contribution in [0.5, 0.6) is 5.75 Å². The second kappa shape index (κ2) is 10.3. The summed E-state index contributed by atoms with van der Waals surface area (Å²) in [5, 5.41) is 14.1. The third kappa shape index (κ3) is 5.11. The number of anilines is 1. The Bertz CT molecular complexity index is 1010. The van der Waals surface area contributed by atoms with Crippen molar-refractivity contribution in [2.24, 2.45) is 5.92 Å². The van der Waals surface area contributed by atoms with Crippen molar-refractivity contribution in [3.05, 3.63) is 84.4 Å². The second-order valence-electron chi connectivity index (χ2n) is 8.11. The van der Waals surface area contributed by atoms with Crippen LogP contribution in [0.2, 0.25) is 0 Å². The second-order valence-corrected chi connectivity index (χ2v) is 8.11. The van der Waals surface area contributed by atoms with Crippen molar-refractivity contribution in [1.82, 2.24) is 4.90 Å². The summed E-state index contributed by atoms with van der Waals surface area (Å²) in [4.78, 5) is 14.5. The summed E-state index contributed by atoms with van der Waals surface area (Å²) in [5.41, 5.74) is 3.87. The van der Waals surface area contributed by atoms with Gasteiger partial charge in [-0.15, -0.1) is 0 Å². The van der Waals surface area contributed by atoms with Crippen LogP contribution in [0, 0.1) is 5.92 Å². The maximum absolute atomic E-state index is 12.7. The lowest BCUT2D eigenvalue weighted by atomic mass is 9.84. The lowest BCUT2D eigenvalue weighted by Crippen LogP contribution is -2.42. The molecule has 4 rings (SSSR count). The number of piperidine rings is 1. The van der Waals surface area contributed by atoms with E-state index in [1.807, 2.05) is 72.5 Å². The third-order valence-electron chi connectivity index (χ3n) is 6.05. The molecule has 3 aromatic rings. The number of likely N-dealkylation sites (tertiary alicyclic amines) is 1. The van der Waals surface area contributed by atoms with Crippen LogP contribution in [-0.2, 0) is 0 Å². The van der Waals surface area contributed by atoms with Crippen molar-refractivity contribution in [2.45, 2.75) is 25.9 Å². The van der Waals surface area contributed by atoms with Gasteiger partial charge in [-0.3, -0.25) is 0 Å². The van der Waals surface area contributed by atoms with Gasteiger partial charge in [0.25, 0.3) is 0 Å². The zero-order chi connectivity index (χ0) is 22.3. The number of amides is 2. The number of nitrogens with zero attached hydrogens (tertiary/aromatic N) is 1. The number of benzene rings is 3. The monoisotopic (exact) mass is 430 g/mol. The number of nitrogens with one attached hydrogen (secondary N) is 1. The number of urea groups is 1. The van der Waals surface area contributed by atoms with Crippen LogP contribution in [0.1, 0.15) is 31.4 Å². The van der Waals surface area contributed by atoms with Crippen molar-refractivity contribution in [3.8, 4) is 16.9 Å². The summed E-state index contributed by atoms with van der Waals surface area (Å²) in [6.07, 6.45) is 0.977. The third-order valence-corrected chi connectivity index (χ3v) is 6.05. The van der Waals surface area contributed by atoms with E-state index in [4.69, 9.17) is 4.74 Å². The number of aliphatic hydroxyl groups is 1. The van der Waals surface area contributed by atoms with E-state index in [0.29, 0.717) is 19.7 Å². The van der Waals surface area contributed by atoms with Gasteiger partial charge in [-0.2, -0.15) is 0 Å². The fourth-order valence-electron chi connectivity index (χ4n) is 4.31. The Morgan fingerprint density at radius 1 is 1.00 bits per heavy atom. The molecule has 0 aliphatic carbocycles. The lowest BCUT2D eigenvalue weighted by molar-refractivity contribution is 0.0687. The molecular weight excluding hydrogens is 400 g/mol. The van der Waals surface area contributed by atoms with Gasteiger partial charge in [0.05, 0.1) is 12.7 Å². The predicted molar refractivity (Wildman–Crippen MR) is 128 cm³/mol. The van der Waals surface area contributed by atoms with Gasteiger partial charge in [0.2, 0.25) is 0 Å². The Labute approximate surface area is 189 Å². The Hall–Kier alpha value is -3.31. The van der Waals surface area contributed by atoms with Crippen LogP contribution in [0.3, 0.4) is 0 Å². The van der Waals surface area contributed by atoms with E-state index in [2.05, 4.69) is 23.5 Å². The molecule has 0 bridgehead atoms. The first-order valence-electron chi connectivity index (χ1n) is 11.3. The Balaban J connectivity index is 1.36. The minimum Gasteiger partial charge on any atom is -0.494 e. The number of hydrogen-bond donors (Lipinski definition) is 2. The van der Waals surface area contributed by atoms with Crippen LogP contribution < -0.4 is 10.1 Å². The van der Waals surface area contributed by atoms with E-state index in [1.165, 1.54) is 0 Å². The summed E-state index contributed by atoms with van der Waals surface area (Å²) < 4.78 is 5.44. The molecule has 0 aromatic heterocycles. The summed E-state index contributed by atoms with van der Waals surface area (Å²) in [6, 6.07) is 25.5. The van der Waals surface area contributed by atoms with E-state index < -0.39 is 6.10 Å². The largest absolute Gasteiger partial charge is 0.494 e. The van der Waals surface area contributed by atoms with E-state index in [1.54, 1.807) is 0 Å². The van der Waals surface area contributed by atoms with Crippen LogP contribution >= 0.6 is 0 Å². The SMILES string of the molecule is CCOc1ccc(NC(=O)N2CCC(C(O)c3ccccc3-c3ccccc3)CC2)cc1. The Morgan fingerprint density at radius 3 is 2.34 bits per heavy atom. The summed E-state index contributed by atoms with van der Waals surface area (Å²) >= 11 is 0. The average Bonchev–Trinajstić information content (AvgIpc) is 2.85. The first kappa shape index (κ1) is 21.9. The molecule has 1 heterocycles. The topological polar surface area (TPSA) is 61.8 Å². The lowest BCUT2D eigenvalue weighted by Gasteiger charge is -2.35. The predicted octanol–water partition coefficient (Wildman–Crippen LogP) is 5.73. The molecule has 5 heteroatoms. The molecule has 2 amide bonds. The van der Waals surface area contributed by atoms with E-state index >= 15 is 0 Å². The van der Waals surface area contributed by atoms with Gasteiger partial charge in [0.15, 0.2) is 0 Å². The summed E-state index contributed by atoms with van der Waals surface area (Å²) in [7, 11) is 0. The zero-order valence-corrected chi connectivity index (χ0v) is 18.4. The molecule has 1 atom stereocenters. The number of rotatable bonds is 6. The molecule has 1 fully saturated rings. The molecule has 0 radical (unpaired) electrons. The number of carbonyl (C=O) groups excluding carboxylic acids is 1. The van der Waals surface area contributed by atoms with Gasteiger partial charge >= 0.3 is 6.03 Å². The van der Waals surface area contributed by atoms with Crippen LogP contribution in [-0.4, -0.2) is 35.7 Å². The number of carbonyl (C=O) groups is 1. The van der Waals surface area contributed by atoms with Gasteiger partial charge in [0, 0.05) is 18.8 Å². The van der Waals surface area contributed by atoms with Gasteiger partial charge in [0.1, 0.15) is 5.75 Å². The number of hydrogen-bond acceptors (Lipinski definition) is 3. The molecule has 1 aliphatic rings. The molecule has 166 valence electrons. The smallest absolute Gasteiger partial charge is 0.321 e.